The normalized spacial score (nSPS) is 12.7. The van der Waals surface area contributed by atoms with Crippen molar-refractivity contribution < 1.29 is 13.5 Å². The average Bonchev–Trinajstić information content (AvgIpc) is 2.38. The molecule has 0 aliphatic heterocycles. The molecule has 0 aromatic heterocycles. The van der Waals surface area contributed by atoms with Gasteiger partial charge in [0, 0.05) is 0 Å². The Morgan fingerprint density at radius 2 is 1.89 bits per heavy atom. The summed E-state index contributed by atoms with van der Waals surface area (Å²) >= 11 is 0. The molecule has 6 nitrogen and oxygen atoms in total. The first-order valence-electron chi connectivity index (χ1n) is 5.45. The Hall–Kier alpha value is -1.93. The van der Waals surface area contributed by atoms with E-state index in [-0.39, 0.29) is 4.90 Å². The van der Waals surface area contributed by atoms with E-state index in [9.17, 15) is 13.5 Å². The number of benzene rings is 1. The minimum atomic E-state index is -3.90. The van der Waals surface area contributed by atoms with Gasteiger partial charge in [-0.05, 0) is 24.6 Å². The predicted molar refractivity (Wildman–Crippen MR) is 67.1 cm³/mol. The molecule has 1 atom stereocenters. The topological polar surface area (TPSA) is 105 Å². The molecule has 0 radical (unpaired) electrons. The summed E-state index contributed by atoms with van der Waals surface area (Å²) in [7, 11) is -3.90. The van der Waals surface area contributed by atoms with E-state index < -0.39 is 29.2 Å². The van der Waals surface area contributed by atoms with E-state index in [1.807, 2.05) is 0 Å². The molecule has 0 saturated heterocycles. The van der Waals surface area contributed by atoms with Gasteiger partial charge < -0.3 is 5.11 Å². The molecular weight excluding hydrogens is 266 g/mol. The van der Waals surface area contributed by atoms with Gasteiger partial charge in [-0.2, -0.15) is 14.8 Å². The number of aliphatic hydroxyl groups is 1. The molecule has 1 N–H and O–H groups in total. The molecule has 100 valence electrons. The number of nitrogens with zero attached hydrogens (tertiary/aromatic N) is 3. The Morgan fingerprint density at radius 3 is 2.37 bits per heavy atom. The molecule has 0 spiro atoms. The monoisotopic (exact) mass is 279 g/mol. The first kappa shape index (κ1) is 15.1. The lowest BCUT2D eigenvalue weighted by Gasteiger charge is -2.16. The third-order valence-electron chi connectivity index (χ3n) is 2.47. The summed E-state index contributed by atoms with van der Waals surface area (Å²) in [4.78, 5) is -0.0450. The molecule has 1 unspecified atom stereocenters. The standard InChI is InChI=1S/C12H13N3O3S/c1-10(16)11-3-2-4-12(9-11)19(17,18)15(7-5-13)8-6-14/h2-4,9-10,16H,7-8H2,1H3. The van der Waals surface area contributed by atoms with Crippen molar-refractivity contribution in [2.75, 3.05) is 13.1 Å². The molecule has 7 heteroatoms. The van der Waals surface area contributed by atoms with Gasteiger partial charge in [-0.15, -0.1) is 0 Å². The summed E-state index contributed by atoms with van der Waals surface area (Å²) in [6, 6.07) is 9.23. The van der Waals surface area contributed by atoms with Crippen LogP contribution >= 0.6 is 0 Å². The van der Waals surface area contributed by atoms with Gasteiger partial charge in [0.15, 0.2) is 0 Å². The van der Waals surface area contributed by atoms with Crippen molar-refractivity contribution in [3.8, 4) is 12.1 Å². The predicted octanol–water partition coefficient (Wildman–Crippen LogP) is 0.778. The van der Waals surface area contributed by atoms with Crippen molar-refractivity contribution in [1.29, 1.82) is 10.5 Å². The fourth-order valence-electron chi connectivity index (χ4n) is 1.47. The van der Waals surface area contributed by atoms with Crippen LogP contribution in [0.1, 0.15) is 18.6 Å². The molecule has 0 bridgehead atoms. The van der Waals surface area contributed by atoms with Gasteiger partial charge in [-0.3, -0.25) is 0 Å². The van der Waals surface area contributed by atoms with Crippen molar-refractivity contribution in [3.05, 3.63) is 29.8 Å². The summed E-state index contributed by atoms with van der Waals surface area (Å²) in [5.74, 6) is 0. The summed E-state index contributed by atoms with van der Waals surface area (Å²) < 4.78 is 25.2. The van der Waals surface area contributed by atoms with E-state index in [0.717, 1.165) is 4.31 Å². The lowest BCUT2D eigenvalue weighted by Crippen LogP contribution is -2.31. The molecular formula is C12H13N3O3S. The fraction of sp³-hybridized carbons (Fsp3) is 0.333. The van der Waals surface area contributed by atoms with E-state index in [1.54, 1.807) is 18.2 Å². The maximum absolute atomic E-state index is 12.2. The van der Waals surface area contributed by atoms with Crippen LogP contribution in [-0.2, 0) is 10.0 Å². The number of rotatable bonds is 5. The Kier molecular flexibility index (Phi) is 5.02. The van der Waals surface area contributed by atoms with Crippen molar-refractivity contribution in [1.82, 2.24) is 4.31 Å². The van der Waals surface area contributed by atoms with Crippen LogP contribution in [-0.4, -0.2) is 30.9 Å². The van der Waals surface area contributed by atoms with Gasteiger partial charge in [-0.1, -0.05) is 12.1 Å². The van der Waals surface area contributed by atoms with Gasteiger partial charge in [0.25, 0.3) is 0 Å². The molecule has 1 rings (SSSR count). The Morgan fingerprint density at radius 1 is 1.32 bits per heavy atom. The average molecular weight is 279 g/mol. The van der Waals surface area contributed by atoms with Gasteiger partial charge in [0.1, 0.15) is 13.1 Å². The van der Waals surface area contributed by atoms with E-state index in [0.29, 0.717) is 5.56 Å². The second-order valence-corrected chi connectivity index (χ2v) is 5.78. The Balaban J connectivity index is 3.22. The van der Waals surface area contributed by atoms with Crippen molar-refractivity contribution in [3.63, 3.8) is 0 Å². The van der Waals surface area contributed by atoms with E-state index in [1.165, 1.54) is 25.1 Å². The van der Waals surface area contributed by atoms with Crippen LogP contribution in [0, 0.1) is 22.7 Å². The zero-order valence-corrected chi connectivity index (χ0v) is 11.1. The van der Waals surface area contributed by atoms with Gasteiger partial charge in [0.2, 0.25) is 10.0 Å². The van der Waals surface area contributed by atoms with E-state index in [4.69, 9.17) is 10.5 Å². The van der Waals surface area contributed by atoms with Crippen molar-refractivity contribution >= 4 is 10.0 Å². The highest BCUT2D eigenvalue weighted by atomic mass is 32.2. The van der Waals surface area contributed by atoms with Gasteiger partial charge in [-0.25, -0.2) is 8.42 Å². The third-order valence-corrected chi connectivity index (χ3v) is 4.26. The quantitative estimate of drug-likeness (QED) is 0.802. The maximum Gasteiger partial charge on any atom is 0.244 e. The Bertz CT molecular complexity index is 610. The minimum absolute atomic E-state index is 0.0450. The van der Waals surface area contributed by atoms with Crippen LogP contribution in [0.25, 0.3) is 0 Å². The second-order valence-electron chi connectivity index (χ2n) is 3.84. The number of nitriles is 2. The first-order chi connectivity index (χ1) is 8.93. The summed E-state index contributed by atoms with van der Waals surface area (Å²) in [6.45, 7) is 0.734. The zero-order valence-electron chi connectivity index (χ0n) is 10.3. The Labute approximate surface area is 112 Å². The van der Waals surface area contributed by atoms with Gasteiger partial charge >= 0.3 is 0 Å². The second kappa shape index (κ2) is 6.30. The van der Waals surface area contributed by atoms with Crippen molar-refractivity contribution in [2.45, 2.75) is 17.9 Å². The third kappa shape index (κ3) is 3.52. The highest BCUT2D eigenvalue weighted by Gasteiger charge is 2.24. The lowest BCUT2D eigenvalue weighted by atomic mass is 10.1. The molecule has 0 heterocycles. The molecule has 0 saturated carbocycles. The number of hydrogen-bond acceptors (Lipinski definition) is 5. The van der Waals surface area contributed by atoms with Crippen LogP contribution in [0.4, 0.5) is 0 Å². The molecule has 0 amide bonds. The first-order valence-corrected chi connectivity index (χ1v) is 6.89. The summed E-state index contributed by atoms with van der Waals surface area (Å²) in [5, 5.41) is 26.7. The van der Waals surface area contributed by atoms with Crippen LogP contribution in [0.15, 0.2) is 29.2 Å². The van der Waals surface area contributed by atoms with Crippen LogP contribution in [0.5, 0.6) is 0 Å². The fourth-order valence-corrected chi connectivity index (χ4v) is 2.76. The van der Waals surface area contributed by atoms with Crippen LogP contribution in [0.2, 0.25) is 0 Å². The highest BCUT2D eigenvalue weighted by molar-refractivity contribution is 7.89. The van der Waals surface area contributed by atoms with E-state index >= 15 is 0 Å². The minimum Gasteiger partial charge on any atom is -0.389 e. The zero-order chi connectivity index (χ0) is 14.5. The lowest BCUT2D eigenvalue weighted by molar-refractivity contribution is 0.199. The molecule has 1 aromatic rings. The number of sulfonamides is 1. The van der Waals surface area contributed by atoms with Gasteiger partial charge in [0.05, 0.1) is 23.1 Å². The highest BCUT2D eigenvalue weighted by Crippen LogP contribution is 2.20. The number of hydrogen-bond donors (Lipinski definition) is 1. The van der Waals surface area contributed by atoms with Crippen LogP contribution in [0.3, 0.4) is 0 Å². The van der Waals surface area contributed by atoms with Crippen molar-refractivity contribution in [2.24, 2.45) is 0 Å². The van der Waals surface area contributed by atoms with Crippen LogP contribution < -0.4 is 0 Å². The molecule has 1 aromatic carbocycles. The summed E-state index contributed by atoms with van der Waals surface area (Å²) in [5.41, 5.74) is 0.454. The number of aliphatic hydroxyl groups excluding tert-OH is 1. The SMILES string of the molecule is CC(O)c1cccc(S(=O)(=O)N(CC#N)CC#N)c1. The molecule has 19 heavy (non-hydrogen) atoms. The maximum atomic E-state index is 12.2. The molecule has 0 fully saturated rings. The molecule has 0 aliphatic rings. The van der Waals surface area contributed by atoms with E-state index in [2.05, 4.69) is 0 Å². The molecule has 0 aliphatic carbocycles. The largest absolute Gasteiger partial charge is 0.389 e. The summed E-state index contributed by atoms with van der Waals surface area (Å²) in [6.07, 6.45) is -0.796. The smallest absolute Gasteiger partial charge is 0.244 e.